The Hall–Kier alpha value is -0.940. The fourth-order valence-electron chi connectivity index (χ4n) is 2.04. The Balaban J connectivity index is 2.15. The van der Waals surface area contributed by atoms with Gasteiger partial charge < -0.3 is 5.73 Å². The first-order valence-corrected chi connectivity index (χ1v) is 6.09. The lowest BCUT2D eigenvalue weighted by Gasteiger charge is -2.31. The fraction of sp³-hybridized carbons (Fsp3) is 0.600. The Morgan fingerprint density at radius 1 is 1.47 bits per heavy atom. The van der Waals surface area contributed by atoms with Gasteiger partial charge in [-0.2, -0.15) is 0 Å². The highest BCUT2D eigenvalue weighted by atomic mass is 32.1. The van der Waals surface area contributed by atoms with Gasteiger partial charge in [0.25, 0.3) is 0 Å². The maximum Gasteiger partial charge on any atom is 0.240 e. The third-order valence-corrected chi connectivity index (χ3v) is 3.57. The summed E-state index contributed by atoms with van der Waals surface area (Å²) in [5, 5.41) is 0. The molecule has 1 amide bonds. The Labute approximate surface area is 93.1 Å². The van der Waals surface area contributed by atoms with Crippen LogP contribution >= 0.6 is 11.3 Å². The van der Waals surface area contributed by atoms with Crippen LogP contribution in [0.25, 0.3) is 0 Å². The second-order valence-electron chi connectivity index (χ2n) is 3.81. The third kappa shape index (κ3) is 2.35. The first-order chi connectivity index (χ1) is 7.29. The van der Waals surface area contributed by atoms with Crippen LogP contribution in [0.15, 0.2) is 11.7 Å². The van der Waals surface area contributed by atoms with Gasteiger partial charge in [0, 0.05) is 6.20 Å². The van der Waals surface area contributed by atoms with E-state index < -0.39 is 0 Å². The zero-order chi connectivity index (χ0) is 10.7. The topological polar surface area (TPSA) is 59.2 Å². The van der Waals surface area contributed by atoms with Gasteiger partial charge in [0.15, 0.2) is 0 Å². The SMILES string of the molecule is NC(=O)C(c1cncs1)N1CCCCC1. The standard InChI is InChI=1S/C10H15N3OS/c11-10(14)9(8-6-12-7-15-8)13-4-2-1-3-5-13/h6-7,9H,1-5H2,(H2,11,14). The molecule has 1 atom stereocenters. The average Bonchev–Trinajstić information content (AvgIpc) is 2.72. The van der Waals surface area contributed by atoms with Gasteiger partial charge in [-0.25, -0.2) is 0 Å². The summed E-state index contributed by atoms with van der Waals surface area (Å²) in [5.41, 5.74) is 7.20. The predicted molar refractivity (Wildman–Crippen MR) is 59.5 cm³/mol. The van der Waals surface area contributed by atoms with Crippen LogP contribution in [0.5, 0.6) is 0 Å². The lowest BCUT2D eigenvalue weighted by atomic mass is 10.1. The van der Waals surface area contributed by atoms with Gasteiger partial charge in [-0.15, -0.1) is 11.3 Å². The van der Waals surface area contributed by atoms with Crippen molar-refractivity contribution < 1.29 is 4.79 Å². The van der Waals surface area contributed by atoms with Crippen molar-refractivity contribution in [3.63, 3.8) is 0 Å². The van der Waals surface area contributed by atoms with Crippen molar-refractivity contribution in [2.75, 3.05) is 13.1 Å². The molecule has 1 aliphatic rings. The molecular weight excluding hydrogens is 210 g/mol. The van der Waals surface area contributed by atoms with Gasteiger partial charge in [-0.05, 0) is 25.9 Å². The summed E-state index contributed by atoms with van der Waals surface area (Å²) < 4.78 is 0. The lowest BCUT2D eigenvalue weighted by molar-refractivity contribution is -0.123. The molecule has 1 aliphatic heterocycles. The second kappa shape index (κ2) is 4.72. The monoisotopic (exact) mass is 225 g/mol. The van der Waals surface area contributed by atoms with E-state index in [1.54, 1.807) is 11.7 Å². The minimum absolute atomic E-state index is 0.263. The first kappa shape index (κ1) is 10.6. The molecule has 15 heavy (non-hydrogen) atoms. The number of amides is 1. The maximum atomic E-state index is 11.5. The number of rotatable bonds is 3. The largest absolute Gasteiger partial charge is 0.368 e. The van der Waals surface area contributed by atoms with E-state index in [2.05, 4.69) is 9.88 Å². The molecule has 1 aromatic rings. The van der Waals surface area contributed by atoms with E-state index in [-0.39, 0.29) is 11.9 Å². The molecule has 1 aromatic heterocycles. The number of piperidine rings is 1. The Morgan fingerprint density at radius 2 is 2.20 bits per heavy atom. The number of nitrogens with two attached hydrogens (primary N) is 1. The average molecular weight is 225 g/mol. The molecule has 0 aliphatic carbocycles. The molecule has 0 bridgehead atoms. The van der Waals surface area contributed by atoms with E-state index >= 15 is 0 Å². The van der Waals surface area contributed by atoms with Crippen LogP contribution < -0.4 is 5.73 Å². The molecule has 0 aromatic carbocycles. The van der Waals surface area contributed by atoms with Crippen LogP contribution in [0.2, 0.25) is 0 Å². The van der Waals surface area contributed by atoms with E-state index in [0.29, 0.717) is 0 Å². The Bertz CT molecular complexity index is 319. The molecule has 2 rings (SSSR count). The first-order valence-electron chi connectivity index (χ1n) is 5.21. The molecular formula is C10H15N3OS. The van der Waals surface area contributed by atoms with Crippen molar-refractivity contribution in [1.29, 1.82) is 0 Å². The summed E-state index contributed by atoms with van der Waals surface area (Å²) in [4.78, 5) is 18.6. The number of primary amides is 1. The van der Waals surface area contributed by atoms with Gasteiger partial charge >= 0.3 is 0 Å². The number of nitrogens with zero attached hydrogens (tertiary/aromatic N) is 2. The molecule has 5 heteroatoms. The summed E-state index contributed by atoms with van der Waals surface area (Å²) in [5.74, 6) is -0.263. The van der Waals surface area contributed by atoms with Crippen molar-refractivity contribution >= 4 is 17.2 Å². The quantitative estimate of drug-likeness (QED) is 0.839. The van der Waals surface area contributed by atoms with Gasteiger partial charge in [0.1, 0.15) is 6.04 Å². The molecule has 1 unspecified atom stereocenters. The molecule has 1 fully saturated rings. The smallest absolute Gasteiger partial charge is 0.240 e. The number of carbonyl (C=O) groups excluding carboxylic acids is 1. The molecule has 1 saturated heterocycles. The number of hydrogen-bond donors (Lipinski definition) is 1. The number of hydrogen-bond acceptors (Lipinski definition) is 4. The van der Waals surface area contributed by atoms with Crippen LogP contribution in [0.3, 0.4) is 0 Å². The van der Waals surface area contributed by atoms with E-state index in [1.807, 2.05) is 0 Å². The molecule has 82 valence electrons. The lowest BCUT2D eigenvalue weighted by Crippen LogP contribution is -2.40. The Morgan fingerprint density at radius 3 is 2.73 bits per heavy atom. The van der Waals surface area contributed by atoms with Crippen LogP contribution in [-0.4, -0.2) is 28.9 Å². The van der Waals surface area contributed by atoms with Gasteiger partial charge in [-0.1, -0.05) is 6.42 Å². The van der Waals surface area contributed by atoms with Gasteiger partial charge in [0.05, 0.1) is 10.4 Å². The number of aromatic nitrogens is 1. The van der Waals surface area contributed by atoms with Crippen LogP contribution in [0, 0.1) is 0 Å². The zero-order valence-electron chi connectivity index (χ0n) is 8.56. The number of thiazole rings is 1. The third-order valence-electron chi connectivity index (χ3n) is 2.75. The maximum absolute atomic E-state index is 11.5. The molecule has 0 radical (unpaired) electrons. The van der Waals surface area contributed by atoms with Crippen molar-refractivity contribution in [2.24, 2.45) is 5.73 Å². The van der Waals surface area contributed by atoms with Crippen molar-refractivity contribution in [2.45, 2.75) is 25.3 Å². The molecule has 0 saturated carbocycles. The Kier molecular flexibility index (Phi) is 3.33. The molecule has 2 N–H and O–H groups in total. The van der Waals surface area contributed by atoms with E-state index in [1.165, 1.54) is 17.8 Å². The summed E-state index contributed by atoms with van der Waals surface area (Å²) in [6.45, 7) is 1.93. The van der Waals surface area contributed by atoms with Crippen LogP contribution in [0.4, 0.5) is 0 Å². The van der Waals surface area contributed by atoms with Crippen LogP contribution in [0.1, 0.15) is 30.2 Å². The van der Waals surface area contributed by atoms with Crippen molar-refractivity contribution in [3.05, 3.63) is 16.6 Å². The summed E-state index contributed by atoms with van der Waals surface area (Å²) in [6.07, 6.45) is 5.31. The normalized spacial score (nSPS) is 20.0. The molecule has 4 nitrogen and oxygen atoms in total. The van der Waals surface area contributed by atoms with E-state index in [0.717, 1.165) is 30.8 Å². The van der Waals surface area contributed by atoms with E-state index in [9.17, 15) is 4.79 Å². The highest BCUT2D eigenvalue weighted by Gasteiger charge is 2.27. The highest BCUT2D eigenvalue weighted by Crippen LogP contribution is 2.26. The van der Waals surface area contributed by atoms with Gasteiger partial charge in [-0.3, -0.25) is 14.7 Å². The minimum atomic E-state index is -0.266. The highest BCUT2D eigenvalue weighted by molar-refractivity contribution is 7.09. The number of carbonyl (C=O) groups is 1. The number of likely N-dealkylation sites (tertiary alicyclic amines) is 1. The summed E-state index contributed by atoms with van der Waals surface area (Å²) in [7, 11) is 0. The predicted octanol–water partition coefficient (Wildman–Crippen LogP) is 1.16. The second-order valence-corrected chi connectivity index (χ2v) is 4.72. The van der Waals surface area contributed by atoms with Crippen LogP contribution in [-0.2, 0) is 4.79 Å². The summed E-state index contributed by atoms with van der Waals surface area (Å²) in [6, 6.07) is -0.266. The van der Waals surface area contributed by atoms with Crippen molar-refractivity contribution in [1.82, 2.24) is 9.88 Å². The molecule has 2 heterocycles. The van der Waals surface area contributed by atoms with Gasteiger partial charge in [0.2, 0.25) is 5.91 Å². The fourth-order valence-corrected chi connectivity index (χ4v) is 2.80. The minimum Gasteiger partial charge on any atom is -0.368 e. The molecule has 0 spiro atoms. The zero-order valence-corrected chi connectivity index (χ0v) is 9.37. The van der Waals surface area contributed by atoms with E-state index in [4.69, 9.17) is 5.73 Å². The van der Waals surface area contributed by atoms with Crippen molar-refractivity contribution in [3.8, 4) is 0 Å². The summed E-state index contributed by atoms with van der Waals surface area (Å²) >= 11 is 1.50.